The quantitative estimate of drug-likeness (QED) is 0.855. The van der Waals surface area contributed by atoms with E-state index in [-0.39, 0.29) is 23.3 Å². The maximum atomic E-state index is 12.8. The van der Waals surface area contributed by atoms with Crippen molar-refractivity contribution in [2.45, 2.75) is 59.6 Å². The van der Waals surface area contributed by atoms with Crippen molar-refractivity contribution in [3.8, 4) is 0 Å². The van der Waals surface area contributed by atoms with Crippen molar-refractivity contribution in [2.24, 2.45) is 11.3 Å². The fourth-order valence-electron chi connectivity index (χ4n) is 3.54. The fourth-order valence-corrected chi connectivity index (χ4v) is 3.54. The van der Waals surface area contributed by atoms with Crippen molar-refractivity contribution in [1.82, 2.24) is 15.1 Å². The second-order valence-electron chi connectivity index (χ2n) is 8.57. The summed E-state index contributed by atoms with van der Waals surface area (Å²) < 4.78 is 5.32. The molecule has 0 radical (unpaired) electrons. The van der Waals surface area contributed by atoms with Gasteiger partial charge >= 0.3 is 6.09 Å². The highest BCUT2D eigenvalue weighted by Gasteiger charge is 2.53. The molecule has 0 bridgehead atoms. The number of alkyl carbamates (subject to hydrolysis) is 1. The van der Waals surface area contributed by atoms with Crippen LogP contribution in [0, 0.1) is 11.3 Å². The standard InChI is InChI=1S/C18H33N3O3/c1-7-20-8-10-21(11-9-20)15(22)13-12-14(18(13,5)6)19-16(23)24-17(2,3)4/h13-14H,7-12H2,1-6H3,(H,19,23). The van der Waals surface area contributed by atoms with E-state index in [9.17, 15) is 9.59 Å². The summed E-state index contributed by atoms with van der Waals surface area (Å²) in [5.41, 5.74) is -0.748. The smallest absolute Gasteiger partial charge is 0.407 e. The molecule has 6 heteroatoms. The Morgan fingerprint density at radius 1 is 1.17 bits per heavy atom. The third kappa shape index (κ3) is 4.21. The first-order valence-electron chi connectivity index (χ1n) is 9.05. The van der Waals surface area contributed by atoms with Crippen molar-refractivity contribution in [3.05, 3.63) is 0 Å². The highest BCUT2D eigenvalue weighted by Crippen LogP contribution is 2.47. The summed E-state index contributed by atoms with van der Waals surface area (Å²) in [6.07, 6.45) is 0.294. The molecule has 6 nitrogen and oxygen atoms in total. The summed E-state index contributed by atoms with van der Waals surface area (Å²) in [6, 6.07) is -0.0155. The lowest BCUT2D eigenvalue weighted by atomic mass is 9.58. The minimum absolute atomic E-state index is 0.0155. The number of likely N-dealkylation sites (N-methyl/N-ethyl adjacent to an activating group) is 1. The fraction of sp³-hybridized carbons (Fsp3) is 0.889. The summed E-state index contributed by atoms with van der Waals surface area (Å²) in [7, 11) is 0. The molecule has 1 heterocycles. The van der Waals surface area contributed by atoms with E-state index in [1.807, 2.05) is 25.7 Å². The molecule has 1 aliphatic heterocycles. The van der Waals surface area contributed by atoms with E-state index >= 15 is 0 Å². The Hall–Kier alpha value is -1.30. The van der Waals surface area contributed by atoms with E-state index in [1.165, 1.54) is 0 Å². The van der Waals surface area contributed by atoms with Gasteiger partial charge in [0.05, 0.1) is 0 Å². The van der Waals surface area contributed by atoms with E-state index in [0.29, 0.717) is 6.42 Å². The van der Waals surface area contributed by atoms with Crippen molar-refractivity contribution < 1.29 is 14.3 Å². The van der Waals surface area contributed by atoms with Gasteiger partial charge in [0.1, 0.15) is 5.60 Å². The molecular weight excluding hydrogens is 306 g/mol. The van der Waals surface area contributed by atoms with Gasteiger partial charge in [0.25, 0.3) is 0 Å². The van der Waals surface area contributed by atoms with Crippen LogP contribution < -0.4 is 5.32 Å². The topological polar surface area (TPSA) is 61.9 Å². The molecule has 1 N–H and O–H groups in total. The predicted molar refractivity (Wildman–Crippen MR) is 93.7 cm³/mol. The molecule has 2 amide bonds. The Morgan fingerprint density at radius 2 is 1.75 bits per heavy atom. The second kappa shape index (κ2) is 6.90. The van der Waals surface area contributed by atoms with Gasteiger partial charge in [0.2, 0.25) is 5.91 Å². The number of hydrogen-bond donors (Lipinski definition) is 1. The zero-order chi connectivity index (χ0) is 18.1. The first-order valence-corrected chi connectivity index (χ1v) is 9.05. The Labute approximate surface area is 145 Å². The van der Waals surface area contributed by atoms with Gasteiger partial charge in [-0.1, -0.05) is 20.8 Å². The van der Waals surface area contributed by atoms with E-state index < -0.39 is 11.7 Å². The third-order valence-electron chi connectivity index (χ3n) is 5.39. The molecule has 2 fully saturated rings. The van der Waals surface area contributed by atoms with E-state index in [4.69, 9.17) is 4.74 Å². The number of carbonyl (C=O) groups excluding carboxylic acids is 2. The van der Waals surface area contributed by atoms with Gasteiger partial charge in [-0.15, -0.1) is 0 Å². The van der Waals surface area contributed by atoms with Crippen LogP contribution in [0.2, 0.25) is 0 Å². The van der Waals surface area contributed by atoms with Gasteiger partial charge in [-0.05, 0) is 39.2 Å². The van der Waals surface area contributed by atoms with Crippen LogP contribution in [0.25, 0.3) is 0 Å². The number of hydrogen-bond acceptors (Lipinski definition) is 4. The third-order valence-corrected chi connectivity index (χ3v) is 5.39. The molecule has 138 valence electrons. The molecule has 24 heavy (non-hydrogen) atoms. The first kappa shape index (κ1) is 19.0. The van der Waals surface area contributed by atoms with Crippen LogP contribution in [-0.4, -0.2) is 66.2 Å². The number of piperazine rings is 1. The van der Waals surface area contributed by atoms with Crippen molar-refractivity contribution in [3.63, 3.8) is 0 Å². The van der Waals surface area contributed by atoms with Crippen LogP contribution in [-0.2, 0) is 9.53 Å². The molecule has 2 unspecified atom stereocenters. The monoisotopic (exact) mass is 339 g/mol. The molecule has 0 spiro atoms. The largest absolute Gasteiger partial charge is 0.444 e. The Morgan fingerprint density at radius 3 is 2.21 bits per heavy atom. The molecule has 2 rings (SSSR count). The molecule has 2 aliphatic rings. The van der Waals surface area contributed by atoms with E-state index in [0.717, 1.165) is 32.7 Å². The SMILES string of the molecule is CCN1CCN(C(=O)C2CC(NC(=O)OC(C)(C)C)C2(C)C)CC1. The maximum Gasteiger partial charge on any atom is 0.407 e. The summed E-state index contributed by atoms with van der Waals surface area (Å²) in [4.78, 5) is 29.1. The van der Waals surface area contributed by atoms with Crippen molar-refractivity contribution >= 4 is 12.0 Å². The zero-order valence-electron chi connectivity index (χ0n) is 16.0. The minimum Gasteiger partial charge on any atom is -0.444 e. The summed E-state index contributed by atoms with van der Waals surface area (Å²) >= 11 is 0. The Bertz CT molecular complexity index is 476. The minimum atomic E-state index is -0.508. The Balaban J connectivity index is 1.87. The van der Waals surface area contributed by atoms with Gasteiger partial charge in [-0.2, -0.15) is 0 Å². The van der Waals surface area contributed by atoms with Crippen molar-refractivity contribution in [2.75, 3.05) is 32.7 Å². The van der Waals surface area contributed by atoms with Gasteiger partial charge in [-0.3, -0.25) is 4.79 Å². The normalized spacial score (nSPS) is 27.3. The van der Waals surface area contributed by atoms with E-state index in [1.54, 1.807) is 0 Å². The lowest BCUT2D eigenvalue weighted by Crippen LogP contribution is -2.64. The number of nitrogens with one attached hydrogen (secondary N) is 1. The van der Waals surface area contributed by atoms with Crippen molar-refractivity contribution in [1.29, 1.82) is 0 Å². The number of rotatable bonds is 3. The lowest BCUT2D eigenvalue weighted by Gasteiger charge is -2.52. The number of ether oxygens (including phenoxy) is 1. The Kier molecular flexibility index (Phi) is 5.47. The average molecular weight is 339 g/mol. The molecule has 2 atom stereocenters. The molecular formula is C18H33N3O3. The summed E-state index contributed by atoms with van der Waals surface area (Å²) in [5.74, 6) is 0.212. The predicted octanol–water partition coefficient (Wildman–Crippen LogP) is 2.09. The zero-order valence-corrected chi connectivity index (χ0v) is 16.0. The lowest BCUT2D eigenvalue weighted by molar-refractivity contribution is -0.150. The number of carbonyl (C=O) groups is 2. The average Bonchev–Trinajstić information content (AvgIpc) is 2.49. The molecule has 1 aliphatic carbocycles. The molecule has 0 aromatic carbocycles. The second-order valence-corrected chi connectivity index (χ2v) is 8.57. The maximum absolute atomic E-state index is 12.8. The molecule has 0 aromatic heterocycles. The van der Waals surface area contributed by atoms with Crippen LogP contribution in [0.15, 0.2) is 0 Å². The van der Waals surface area contributed by atoms with E-state index in [2.05, 4.69) is 31.0 Å². The van der Waals surface area contributed by atoms with Crippen LogP contribution in [0.3, 0.4) is 0 Å². The summed E-state index contributed by atoms with van der Waals surface area (Å²) in [5, 5.41) is 2.93. The summed E-state index contributed by atoms with van der Waals surface area (Å²) in [6.45, 7) is 16.4. The molecule has 0 aromatic rings. The van der Waals surface area contributed by atoms with Gasteiger partial charge in [0, 0.05) is 38.1 Å². The van der Waals surface area contributed by atoms with Gasteiger partial charge in [-0.25, -0.2) is 4.79 Å². The van der Waals surface area contributed by atoms with Gasteiger partial charge < -0.3 is 19.9 Å². The van der Waals surface area contributed by atoms with Crippen LogP contribution in [0.1, 0.15) is 48.0 Å². The highest BCUT2D eigenvalue weighted by atomic mass is 16.6. The highest BCUT2D eigenvalue weighted by molar-refractivity contribution is 5.81. The molecule has 1 saturated heterocycles. The molecule has 1 saturated carbocycles. The number of nitrogens with zero attached hydrogens (tertiary/aromatic N) is 2. The first-order chi connectivity index (χ1) is 11.0. The van der Waals surface area contributed by atoms with Crippen LogP contribution >= 0.6 is 0 Å². The van der Waals surface area contributed by atoms with Crippen LogP contribution in [0.4, 0.5) is 4.79 Å². The van der Waals surface area contributed by atoms with Crippen LogP contribution in [0.5, 0.6) is 0 Å². The number of amides is 2. The van der Waals surface area contributed by atoms with Gasteiger partial charge in [0.15, 0.2) is 0 Å².